The molecule has 0 aliphatic rings. The number of rotatable bonds is 0. The van der Waals surface area contributed by atoms with E-state index in [2.05, 4.69) is 0 Å². The summed E-state index contributed by atoms with van der Waals surface area (Å²) in [4.78, 5) is 0. The van der Waals surface area contributed by atoms with Gasteiger partial charge in [-0.05, 0) is 12.1 Å². The van der Waals surface area contributed by atoms with E-state index >= 15 is 0 Å². The smallest absolute Gasteiger partial charge is 0.135 e. The largest absolute Gasteiger partial charge is 0.456 e. The highest BCUT2D eigenvalue weighted by Crippen LogP contribution is 2.26. The van der Waals surface area contributed by atoms with Crippen LogP contribution in [0, 0.1) is 0 Å². The van der Waals surface area contributed by atoms with Crippen LogP contribution in [0.1, 0.15) is 0 Å². The lowest BCUT2D eigenvalue weighted by Crippen LogP contribution is -2.00. The van der Waals surface area contributed by atoms with Crippen molar-refractivity contribution in [3.8, 4) is 0 Å². The molecule has 3 rings (SSSR count). The summed E-state index contributed by atoms with van der Waals surface area (Å²) in [5, 5.41) is 2.10. The van der Waals surface area contributed by atoms with Crippen molar-refractivity contribution in [2.75, 3.05) is 0 Å². The minimum Gasteiger partial charge on any atom is -0.456 e. The van der Waals surface area contributed by atoms with Crippen molar-refractivity contribution in [1.82, 2.24) is 0 Å². The lowest BCUT2D eigenvalue weighted by molar-refractivity contribution is 0.669. The zero-order valence-electron chi connectivity index (χ0n) is 7.53. The van der Waals surface area contributed by atoms with Crippen LogP contribution >= 0.6 is 0 Å². The zero-order chi connectivity index (χ0) is 9.54. The number of benzene rings is 2. The Labute approximate surface area is 82.7 Å². The molecular weight excluding hydrogens is 171 g/mol. The summed E-state index contributed by atoms with van der Waals surface area (Å²) in [6.07, 6.45) is 0. The minimum absolute atomic E-state index is 0.771. The third-order valence-electron chi connectivity index (χ3n) is 2.43. The van der Waals surface area contributed by atoms with E-state index in [9.17, 15) is 0 Å². The van der Waals surface area contributed by atoms with Crippen molar-refractivity contribution < 1.29 is 4.42 Å². The van der Waals surface area contributed by atoms with Crippen molar-refractivity contribution in [2.45, 2.75) is 0 Å². The molecule has 0 amide bonds. The second-order valence-corrected chi connectivity index (χ2v) is 3.32. The molecule has 0 N–H and O–H groups in total. The van der Waals surface area contributed by atoms with Gasteiger partial charge >= 0.3 is 0 Å². The van der Waals surface area contributed by atoms with Crippen LogP contribution in [0.4, 0.5) is 0 Å². The number of hydrogen-bond donors (Lipinski definition) is 0. The highest BCUT2D eigenvalue weighted by molar-refractivity contribution is 6.41. The topological polar surface area (TPSA) is 13.1 Å². The van der Waals surface area contributed by atoms with Crippen LogP contribution in [0.5, 0.6) is 0 Å². The summed E-state index contributed by atoms with van der Waals surface area (Å²) in [5.41, 5.74) is 2.51. The first-order valence-corrected chi connectivity index (χ1v) is 4.52. The van der Waals surface area contributed by atoms with E-state index in [4.69, 9.17) is 12.3 Å². The average molecular weight is 178 g/mol. The minimum atomic E-state index is 0.771. The Hall–Kier alpha value is -1.70. The van der Waals surface area contributed by atoms with Crippen molar-refractivity contribution >= 4 is 35.2 Å². The molecule has 0 spiro atoms. The lowest BCUT2D eigenvalue weighted by atomic mass is 9.91. The Morgan fingerprint density at radius 2 is 1.64 bits per heavy atom. The van der Waals surface area contributed by atoms with Gasteiger partial charge in [0.25, 0.3) is 0 Å². The molecule has 64 valence electrons. The summed E-state index contributed by atoms with van der Waals surface area (Å²) >= 11 is 0. The predicted molar refractivity (Wildman–Crippen MR) is 59.1 cm³/mol. The molecule has 3 aromatic rings. The fraction of sp³-hybridized carbons (Fsp3) is 0. The molecule has 0 bridgehead atoms. The predicted octanol–water partition coefficient (Wildman–Crippen LogP) is 2.38. The molecule has 2 aromatic carbocycles. The van der Waals surface area contributed by atoms with Gasteiger partial charge in [-0.3, -0.25) is 0 Å². The summed E-state index contributed by atoms with van der Waals surface area (Å²) in [6.45, 7) is 0. The lowest BCUT2D eigenvalue weighted by Gasteiger charge is -1.93. The van der Waals surface area contributed by atoms with Gasteiger partial charge in [-0.15, -0.1) is 0 Å². The van der Waals surface area contributed by atoms with Crippen LogP contribution in [0.2, 0.25) is 0 Å². The van der Waals surface area contributed by atoms with Crippen molar-refractivity contribution in [3.05, 3.63) is 42.5 Å². The van der Waals surface area contributed by atoms with Gasteiger partial charge < -0.3 is 4.42 Å². The number of hydrogen-bond acceptors (Lipinski definition) is 1. The van der Waals surface area contributed by atoms with Crippen LogP contribution in [-0.4, -0.2) is 7.85 Å². The molecule has 1 aromatic heterocycles. The standard InChI is InChI=1S/C12H7BO/c13-9-5-3-7-11-12(9)8-4-1-2-6-10(8)14-11/h1-7H. The molecule has 0 aliphatic carbocycles. The van der Waals surface area contributed by atoms with Crippen molar-refractivity contribution in [1.29, 1.82) is 0 Å². The molecule has 0 unspecified atom stereocenters. The quantitative estimate of drug-likeness (QED) is 0.481. The van der Waals surface area contributed by atoms with Gasteiger partial charge in [-0.25, -0.2) is 0 Å². The highest BCUT2D eigenvalue weighted by Gasteiger charge is 2.06. The highest BCUT2D eigenvalue weighted by atomic mass is 16.3. The van der Waals surface area contributed by atoms with Gasteiger partial charge in [0.05, 0.1) is 0 Å². The molecular formula is C12H7BO. The van der Waals surface area contributed by atoms with Crippen LogP contribution in [0.3, 0.4) is 0 Å². The normalized spacial score (nSPS) is 11.1. The van der Waals surface area contributed by atoms with E-state index < -0.39 is 0 Å². The van der Waals surface area contributed by atoms with Crippen LogP contribution < -0.4 is 5.46 Å². The molecule has 0 saturated heterocycles. The molecule has 1 heterocycles. The molecule has 2 radical (unpaired) electrons. The van der Waals surface area contributed by atoms with E-state index in [0.717, 1.165) is 27.4 Å². The summed E-state index contributed by atoms with van der Waals surface area (Å²) in [6, 6.07) is 13.7. The van der Waals surface area contributed by atoms with Crippen molar-refractivity contribution in [3.63, 3.8) is 0 Å². The molecule has 0 aliphatic heterocycles. The number of furan rings is 1. The van der Waals surface area contributed by atoms with Gasteiger partial charge in [0.1, 0.15) is 19.0 Å². The van der Waals surface area contributed by atoms with E-state index in [1.54, 1.807) is 0 Å². The summed E-state index contributed by atoms with van der Waals surface area (Å²) < 4.78 is 5.65. The van der Waals surface area contributed by atoms with Gasteiger partial charge in [-0.1, -0.05) is 35.8 Å². The molecule has 14 heavy (non-hydrogen) atoms. The fourth-order valence-electron chi connectivity index (χ4n) is 1.80. The van der Waals surface area contributed by atoms with E-state index in [0.29, 0.717) is 0 Å². The van der Waals surface area contributed by atoms with Gasteiger partial charge in [0, 0.05) is 10.8 Å². The number of fused-ring (bicyclic) bond motifs is 3. The van der Waals surface area contributed by atoms with E-state index in [-0.39, 0.29) is 0 Å². The Kier molecular flexibility index (Phi) is 1.45. The van der Waals surface area contributed by atoms with E-state index in [1.807, 2.05) is 42.5 Å². The summed E-state index contributed by atoms with van der Waals surface area (Å²) in [5.74, 6) is 0. The van der Waals surface area contributed by atoms with Gasteiger partial charge in [0.15, 0.2) is 0 Å². The average Bonchev–Trinajstić information content (AvgIpc) is 2.57. The maximum atomic E-state index is 5.91. The first-order chi connectivity index (χ1) is 6.86. The van der Waals surface area contributed by atoms with Crippen LogP contribution in [0.25, 0.3) is 21.9 Å². The Morgan fingerprint density at radius 3 is 2.57 bits per heavy atom. The molecule has 0 fully saturated rings. The van der Waals surface area contributed by atoms with E-state index in [1.165, 1.54) is 0 Å². The summed E-state index contributed by atoms with van der Waals surface area (Å²) in [7, 11) is 5.91. The number of para-hydroxylation sites is 1. The van der Waals surface area contributed by atoms with Gasteiger partial charge in [-0.2, -0.15) is 0 Å². The van der Waals surface area contributed by atoms with Crippen LogP contribution in [-0.2, 0) is 0 Å². The Bertz CT molecular complexity index is 610. The third-order valence-corrected chi connectivity index (χ3v) is 2.43. The Balaban J connectivity index is 2.65. The van der Waals surface area contributed by atoms with Gasteiger partial charge in [0.2, 0.25) is 0 Å². The zero-order valence-corrected chi connectivity index (χ0v) is 7.53. The maximum absolute atomic E-state index is 5.91. The molecule has 0 saturated carbocycles. The molecule has 0 atom stereocenters. The molecule has 2 heteroatoms. The second kappa shape index (κ2) is 2.64. The first kappa shape index (κ1) is 7.68. The maximum Gasteiger partial charge on any atom is 0.135 e. The van der Waals surface area contributed by atoms with Crippen LogP contribution in [0.15, 0.2) is 46.9 Å². The Morgan fingerprint density at radius 1 is 0.857 bits per heavy atom. The first-order valence-electron chi connectivity index (χ1n) is 4.52. The van der Waals surface area contributed by atoms with Crippen molar-refractivity contribution in [2.24, 2.45) is 0 Å². The monoisotopic (exact) mass is 178 g/mol. The molecule has 1 nitrogen and oxygen atoms in total. The fourth-order valence-corrected chi connectivity index (χ4v) is 1.80. The SMILES string of the molecule is [B]c1cccc2oc3ccccc3c12. The third kappa shape index (κ3) is 0.910. The second-order valence-electron chi connectivity index (χ2n) is 3.32.